The van der Waals surface area contributed by atoms with Crippen molar-refractivity contribution in [3.8, 4) is 0 Å². The molecule has 0 radical (unpaired) electrons. The molecular formula is C28H24N4. The van der Waals surface area contributed by atoms with Gasteiger partial charge in [0.25, 0.3) is 0 Å². The molecule has 6 rings (SSSR count). The van der Waals surface area contributed by atoms with Crippen molar-refractivity contribution in [1.29, 1.82) is 0 Å². The zero-order valence-electron chi connectivity index (χ0n) is 17.9. The van der Waals surface area contributed by atoms with Crippen molar-refractivity contribution in [3.05, 3.63) is 128 Å². The molecule has 1 aromatic carbocycles. The van der Waals surface area contributed by atoms with Gasteiger partial charge in [-0.1, -0.05) is 30.3 Å². The standard InChI is InChI=1S/C28H24N4/c1-18-26(13-19-5-3-2-4-6-19)28-17-25-12-10-23(31-25)15-21-8-7-20(29-21)14-22-9-11-24(30-22)16-27(18)32-28/h2-12,14-17,29-32H,13H2,1H3. The Morgan fingerprint density at radius 3 is 1.72 bits per heavy atom. The van der Waals surface area contributed by atoms with Gasteiger partial charge >= 0.3 is 0 Å². The van der Waals surface area contributed by atoms with E-state index >= 15 is 0 Å². The van der Waals surface area contributed by atoms with E-state index in [1.165, 1.54) is 16.7 Å². The largest absolute Gasteiger partial charge is 0.355 e. The van der Waals surface area contributed by atoms with E-state index in [1.54, 1.807) is 0 Å². The summed E-state index contributed by atoms with van der Waals surface area (Å²) in [4.78, 5) is 14.2. The van der Waals surface area contributed by atoms with Crippen LogP contribution in [0.2, 0.25) is 0 Å². The van der Waals surface area contributed by atoms with Gasteiger partial charge in [-0.15, -0.1) is 0 Å². The summed E-state index contributed by atoms with van der Waals surface area (Å²) >= 11 is 0. The number of H-pyrrole nitrogens is 4. The van der Waals surface area contributed by atoms with Crippen LogP contribution in [-0.4, -0.2) is 19.9 Å². The molecule has 0 saturated carbocycles. The normalized spacial score (nSPS) is 12.4. The second-order valence-corrected chi connectivity index (χ2v) is 8.40. The minimum atomic E-state index is 0.886. The fourth-order valence-corrected chi connectivity index (χ4v) is 4.41. The molecule has 8 bridgehead atoms. The summed E-state index contributed by atoms with van der Waals surface area (Å²) in [6.07, 6.45) is 9.54. The van der Waals surface area contributed by atoms with E-state index in [9.17, 15) is 0 Å². The van der Waals surface area contributed by atoms with E-state index in [4.69, 9.17) is 0 Å². The summed E-state index contributed by atoms with van der Waals surface area (Å²) < 4.78 is 0. The Morgan fingerprint density at radius 2 is 1.09 bits per heavy atom. The summed E-state index contributed by atoms with van der Waals surface area (Å²) in [6, 6.07) is 23.3. The lowest BCUT2D eigenvalue weighted by atomic mass is 10.0. The molecule has 32 heavy (non-hydrogen) atoms. The number of rotatable bonds is 2. The van der Waals surface area contributed by atoms with E-state index in [2.05, 4.69) is 118 Å². The van der Waals surface area contributed by atoms with Crippen LogP contribution in [0.25, 0.3) is 24.3 Å². The second-order valence-electron chi connectivity index (χ2n) is 8.40. The van der Waals surface area contributed by atoms with Gasteiger partial charge in [0.05, 0.1) is 0 Å². The molecule has 0 fully saturated rings. The first-order valence-electron chi connectivity index (χ1n) is 10.9. The number of hydrogen-bond acceptors (Lipinski definition) is 0. The molecule has 4 aromatic heterocycles. The third-order valence-corrected chi connectivity index (χ3v) is 6.09. The fraction of sp³-hybridized carbons (Fsp3) is 0.0714. The first kappa shape index (κ1) is 18.6. The van der Waals surface area contributed by atoms with Crippen LogP contribution in [0.15, 0.2) is 66.7 Å². The second kappa shape index (κ2) is 7.50. The predicted molar refractivity (Wildman–Crippen MR) is 130 cm³/mol. The zero-order chi connectivity index (χ0) is 21.5. The Morgan fingerprint density at radius 1 is 0.531 bits per heavy atom. The molecule has 0 unspecified atom stereocenters. The van der Waals surface area contributed by atoms with Crippen LogP contribution >= 0.6 is 0 Å². The third kappa shape index (κ3) is 3.56. The van der Waals surface area contributed by atoms with Crippen molar-refractivity contribution in [2.75, 3.05) is 0 Å². The van der Waals surface area contributed by atoms with Crippen LogP contribution in [0.5, 0.6) is 0 Å². The number of nitrogens with one attached hydrogen (secondary N) is 4. The number of hydrogen-bond donors (Lipinski definition) is 4. The lowest BCUT2D eigenvalue weighted by Gasteiger charge is -2.01. The molecule has 4 N–H and O–H groups in total. The lowest BCUT2D eigenvalue weighted by molar-refractivity contribution is 1.14. The SMILES string of the molecule is Cc1c(Cc2ccccc2)c2[nH]c1=Cc1ccc([nH]1)C=c1ccc([nH]1)=Cc1ccc([nH]1)C=2. The summed E-state index contributed by atoms with van der Waals surface area (Å²) in [5, 5.41) is 4.40. The molecule has 0 saturated heterocycles. The molecule has 156 valence electrons. The topological polar surface area (TPSA) is 63.2 Å². The van der Waals surface area contributed by atoms with Crippen molar-refractivity contribution >= 4 is 24.3 Å². The molecule has 0 aliphatic carbocycles. The summed E-state index contributed by atoms with van der Waals surface area (Å²) in [7, 11) is 0. The lowest BCUT2D eigenvalue weighted by Crippen LogP contribution is -2.13. The minimum Gasteiger partial charge on any atom is -0.355 e. The highest BCUT2D eigenvalue weighted by molar-refractivity contribution is 5.57. The van der Waals surface area contributed by atoms with E-state index in [-0.39, 0.29) is 0 Å². The molecule has 5 heterocycles. The van der Waals surface area contributed by atoms with Gasteiger partial charge in [-0.25, -0.2) is 0 Å². The van der Waals surface area contributed by atoms with Gasteiger partial charge in [0.1, 0.15) is 0 Å². The Hall–Kier alpha value is -4.18. The maximum absolute atomic E-state index is 3.67. The smallest absolute Gasteiger partial charge is 0.0444 e. The van der Waals surface area contributed by atoms with Gasteiger partial charge < -0.3 is 19.9 Å². The highest BCUT2D eigenvalue weighted by atomic mass is 14.8. The van der Waals surface area contributed by atoms with Crippen LogP contribution in [-0.2, 0) is 6.42 Å². The summed E-state index contributed by atoms with van der Waals surface area (Å²) in [5.41, 5.74) is 8.19. The highest BCUT2D eigenvalue weighted by Gasteiger charge is 2.08. The maximum atomic E-state index is 3.67. The Kier molecular flexibility index (Phi) is 4.36. The van der Waals surface area contributed by atoms with Crippen LogP contribution < -0.4 is 21.4 Å². The average molecular weight is 417 g/mol. The van der Waals surface area contributed by atoms with Crippen molar-refractivity contribution in [2.45, 2.75) is 13.3 Å². The molecule has 1 aliphatic rings. The molecule has 4 heteroatoms. The van der Waals surface area contributed by atoms with E-state index in [0.717, 1.165) is 50.6 Å². The first-order chi connectivity index (χ1) is 15.7. The monoisotopic (exact) mass is 416 g/mol. The van der Waals surface area contributed by atoms with Crippen LogP contribution in [0.1, 0.15) is 39.5 Å². The van der Waals surface area contributed by atoms with Gasteiger partial charge in [0.2, 0.25) is 0 Å². The van der Waals surface area contributed by atoms with Crippen molar-refractivity contribution < 1.29 is 0 Å². The number of aromatic amines is 4. The number of benzene rings is 1. The van der Waals surface area contributed by atoms with Crippen LogP contribution in [0, 0.1) is 6.92 Å². The molecule has 0 amide bonds. The Labute approximate surface area is 185 Å². The Bertz CT molecular complexity index is 1650. The van der Waals surface area contributed by atoms with Gasteiger partial charge in [-0.05, 0) is 90.7 Å². The van der Waals surface area contributed by atoms with Crippen molar-refractivity contribution in [2.24, 2.45) is 0 Å². The Balaban J connectivity index is 1.60. The van der Waals surface area contributed by atoms with Crippen molar-refractivity contribution in [3.63, 3.8) is 0 Å². The quantitative estimate of drug-likeness (QED) is 0.335. The van der Waals surface area contributed by atoms with Crippen LogP contribution in [0.3, 0.4) is 0 Å². The molecular weight excluding hydrogens is 392 g/mol. The maximum Gasteiger partial charge on any atom is 0.0444 e. The van der Waals surface area contributed by atoms with Crippen LogP contribution in [0.4, 0.5) is 0 Å². The molecule has 1 aliphatic heterocycles. The fourth-order valence-electron chi connectivity index (χ4n) is 4.41. The zero-order valence-corrected chi connectivity index (χ0v) is 17.9. The van der Waals surface area contributed by atoms with E-state index in [0.29, 0.717) is 0 Å². The molecule has 0 spiro atoms. The first-order valence-corrected chi connectivity index (χ1v) is 10.9. The number of fused-ring (bicyclic) bond motifs is 8. The predicted octanol–water partition coefficient (Wildman–Crippen LogP) is 2.53. The molecule has 4 nitrogen and oxygen atoms in total. The number of aromatic nitrogens is 4. The van der Waals surface area contributed by atoms with Gasteiger partial charge in [0.15, 0.2) is 0 Å². The highest BCUT2D eigenvalue weighted by Crippen LogP contribution is 2.10. The van der Waals surface area contributed by atoms with Gasteiger partial charge in [-0.3, -0.25) is 0 Å². The van der Waals surface area contributed by atoms with Gasteiger partial charge in [-0.2, -0.15) is 0 Å². The average Bonchev–Trinajstić information content (AvgIpc) is 3.57. The van der Waals surface area contributed by atoms with E-state index in [1.807, 2.05) is 0 Å². The van der Waals surface area contributed by atoms with E-state index < -0.39 is 0 Å². The summed E-state index contributed by atoms with van der Waals surface area (Å²) in [6.45, 7) is 2.20. The van der Waals surface area contributed by atoms with Crippen molar-refractivity contribution in [1.82, 2.24) is 19.9 Å². The minimum absolute atomic E-state index is 0.886. The molecule has 5 aromatic rings. The summed E-state index contributed by atoms with van der Waals surface area (Å²) in [5.74, 6) is 0. The third-order valence-electron chi connectivity index (χ3n) is 6.09. The van der Waals surface area contributed by atoms with Gasteiger partial charge in [0, 0.05) is 44.2 Å². The molecule has 0 atom stereocenters.